The summed E-state index contributed by atoms with van der Waals surface area (Å²) in [6.07, 6.45) is -0.738. The summed E-state index contributed by atoms with van der Waals surface area (Å²) in [7, 11) is 1.52. The second kappa shape index (κ2) is 7.40. The fraction of sp³-hybridized carbons (Fsp3) is 0.391. The van der Waals surface area contributed by atoms with E-state index in [2.05, 4.69) is 16.0 Å². The normalized spacial score (nSPS) is 28.3. The van der Waals surface area contributed by atoms with Crippen LogP contribution in [0.4, 0.5) is 4.39 Å². The van der Waals surface area contributed by atoms with Crippen LogP contribution in [0.3, 0.4) is 0 Å². The van der Waals surface area contributed by atoms with E-state index in [1.807, 2.05) is 30.3 Å². The molecule has 1 aliphatic carbocycles. The van der Waals surface area contributed by atoms with Gasteiger partial charge in [0, 0.05) is 37.3 Å². The molecule has 1 saturated heterocycles. The Morgan fingerprint density at radius 1 is 1.13 bits per heavy atom. The Kier molecular flexibility index (Phi) is 4.70. The third-order valence-electron chi connectivity index (χ3n) is 6.53. The van der Waals surface area contributed by atoms with Crippen molar-refractivity contribution in [1.29, 1.82) is 0 Å². The van der Waals surface area contributed by atoms with E-state index in [9.17, 15) is 14.0 Å². The number of nitrogens with one attached hydrogen (secondary N) is 3. The number of benzene rings is 2. The SMILES string of the molecule is CNC(=O)c1cc(C(=O)N[C@H]2[C@@H]3CNC[C@@H]32)cc2c1OC(CF)C2c1ccccc1. The Hall–Kier alpha value is -2.93. The number of piperidine rings is 1. The highest BCUT2D eigenvalue weighted by molar-refractivity contribution is 6.02. The first-order chi connectivity index (χ1) is 14.6. The Morgan fingerprint density at radius 2 is 1.87 bits per heavy atom. The van der Waals surface area contributed by atoms with E-state index in [0.29, 0.717) is 28.7 Å². The van der Waals surface area contributed by atoms with Crippen molar-refractivity contribution < 1.29 is 18.7 Å². The minimum atomic E-state index is -0.738. The van der Waals surface area contributed by atoms with Gasteiger partial charge in [-0.3, -0.25) is 9.59 Å². The largest absolute Gasteiger partial charge is 0.486 e. The van der Waals surface area contributed by atoms with Gasteiger partial charge in [0.05, 0.1) is 11.5 Å². The third kappa shape index (κ3) is 3.04. The molecule has 156 valence electrons. The second-order valence-corrected chi connectivity index (χ2v) is 8.21. The molecule has 2 aromatic carbocycles. The molecule has 2 amide bonds. The van der Waals surface area contributed by atoms with Gasteiger partial charge in [-0.1, -0.05) is 30.3 Å². The summed E-state index contributed by atoms with van der Waals surface area (Å²) in [5, 5.41) is 9.01. The highest BCUT2D eigenvalue weighted by Crippen LogP contribution is 2.46. The number of fused-ring (bicyclic) bond motifs is 2. The lowest BCUT2D eigenvalue weighted by atomic mass is 9.86. The number of halogens is 1. The van der Waals surface area contributed by atoms with Gasteiger partial charge in [0.1, 0.15) is 18.5 Å². The fourth-order valence-electron chi connectivity index (χ4n) is 4.91. The van der Waals surface area contributed by atoms with Gasteiger partial charge < -0.3 is 20.7 Å². The first-order valence-electron chi connectivity index (χ1n) is 10.3. The number of rotatable bonds is 5. The van der Waals surface area contributed by atoms with Crippen LogP contribution in [-0.4, -0.2) is 50.8 Å². The molecule has 0 spiro atoms. The van der Waals surface area contributed by atoms with E-state index in [1.54, 1.807) is 12.1 Å². The third-order valence-corrected chi connectivity index (χ3v) is 6.53. The number of hydrogen-bond donors (Lipinski definition) is 3. The van der Waals surface area contributed by atoms with Gasteiger partial charge in [-0.15, -0.1) is 0 Å². The molecular weight excluding hydrogens is 385 g/mol. The average molecular weight is 409 g/mol. The topological polar surface area (TPSA) is 79.5 Å². The van der Waals surface area contributed by atoms with Crippen LogP contribution in [0.15, 0.2) is 42.5 Å². The molecule has 5 atom stereocenters. The minimum Gasteiger partial charge on any atom is -0.486 e. The predicted octanol–water partition coefficient (Wildman–Crippen LogP) is 1.86. The lowest BCUT2D eigenvalue weighted by molar-refractivity contribution is 0.0946. The van der Waals surface area contributed by atoms with Crippen molar-refractivity contribution in [3.05, 3.63) is 64.7 Å². The highest BCUT2D eigenvalue weighted by atomic mass is 19.1. The number of carbonyl (C=O) groups is 2. The predicted molar refractivity (Wildman–Crippen MR) is 110 cm³/mol. The van der Waals surface area contributed by atoms with Gasteiger partial charge >= 0.3 is 0 Å². The molecule has 30 heavy (non-hydrogen) atoms. The van der Waals surface area contributed by atoms with Crippen LogP contribution in [0.25, 0.3) is 0 Å². The van der Waals surface area contributed by atoms with Gasteiger partial charge in [-0.05, 0) is 29.5 Å². The summed E-state index contributed by atoms with van der Waals surface area (Å²) in [4.78, 5) is 25.6. The van der Waals surface area contributed by atoms with Crippen molar-refractivity contribution in [3.8, 4) is 5.75 Å². The highest BCUT2D eigenvalue weighted by Gasteiger charge is 2.53. The summed E-state index contributed by atoms with van der Waals surface area (Å²) in [6, 6.07) is 13.0. The molecule has 3 N–H and O–H groups in total. The van der Waals surface area contributed by atoms with Crippen molar-refractivity contribution in [2.24, 2.45) is 11.8 Å². The Morgan fingerprint density at radius 3 is 2.53 bits per heavy atom. The Bertz CT molecular complexity index is 987. The van der Waals surface area contributed by atoms with Crippen LogP contribution >= 0.6 is 0 Å². The van der Waals surface area contributed by atoms with Crippen LogP contribution in [0, 0.1) is 11.8 Å². The Labute approximate surface area is 174 Å². The van der Waals surface area contributed by atoms with E-state index in [4.69, 9.17) is 4.74 Å². The number of hydrogen-bond acceptors (Lipinski definition) is 4. The number of amides is 2. The average Bonchev–Trinajstić information content (AvgIpc) is 3.14. The van der Waals surface area contributed by atoms with Gasteiger partial charge in [-0.2, -0.15) is 0 Å². The van der Waals surface area contributed by atoms with Gasteiger partial charge in [-0.25, -0.2) is 4.39 Å². The van der Waals surface area contributed by atoms with Crippen molar-refractivity contribution in [2.45, 2.75) is 18.1 Å². The maximum Gasteiger partial charge on any atom is 0.254 e. The first kappa shape index (κ1) is 19.1. The molecule has 1 saturated carbocycles. The number of alkyl halides is 1. The van der Waals surface area contributed by atoms with Crippen LogP contribution in [0.5, 0.6) is 5.75 Å². The summed E-state index contributed by atoms with van der Waals surface area (Å²) in [5.74, 6) is 0.371. The molecule has 2 unspecified atom stereocenters. The standard InChI is InChI=1S/C23H24FN3O3/c1-25-23(29)15-8-13(22(28)27-20-16-10-26-11-17(16)20)7-14-19(12-5-3-2-4-6-12)18(9-24)30-21(14)15/h2-8,16-20,26H,9-11H2,1H3,(H,25,29)(H,27,28)/t16-,17+,18?,19?,20+. The van der Waals surface area contributed by atoms with Gasteiger partial charge in [0.15, 0.2) is 0 Å². The molecular formula is C23H24FN3O3. The molecule has 5 rings (SSSR count). The summed E-state index contributed by atoms with van der Waals surface area (Å²) >= 11 is 0. The van der Waals surface area contributed by atoms with E-state index in [-0.39, 0.29) is 29.3 Å². The lowest BCUT2D eigenvalue weighted by Gasteiger charge is -2.16. The summed E-state index contributed by atoms with van der Waals surface area (Å²) < 4.78 is 19.8. The first-order valence-corrected chi connectivity index (χ1v) is 10.3. The van der Waals surface area contributed by atoms with Gasteiger partial charge in [0.2, 0.25) is 0 Å². The van der Waals surface area contributed by atoms with Crippen molar-refractivity contribution in [3.63, 3.8) is 0 Å². The number of ether oxygens (including phenoxy) is 1. The minimum absolute atomic E-state index is 0.176. The van der Waals surface area contributed by atoms with Crippen molar-refractivity contribution >= 4 is 11.8 Å². The van der Waals surface area contributed by atoms with Crippen molar-refractivity contribution in [1.82, 2.24) is 16.0 Å². The molecule has 2 heterocycles. The van der Waals surface area contributed by atoms with Crippen LogP contribution in [0.2, 0.25) is 0 Å². The second-order valence-electron chi connectivity index (χ2n) is 8.21. The van der Waals surface area contributed by atoms with Crippen LogP contribution < -0.4 is 20.7 Å². The Balaban J connectivity index is 1.54. The summed E-state index contributed by atoms with van der Waals surface area (Å²) in [6.45, 7) is 1.15. The van der Waals surface area contributed by atoms with E-state index in [0.717, 1.165) is 18.7 Å². The van der Waals surface area contributed by atoms with Crippen LogP contribution in [0.1, 0.15) is 37.8 Å². The van der Waals surface area contributed by atoms with Gasteiger partial charge in [0.25, 0.3) is 11.8 Å². The quantitative estimate of drug-likeness (QED) is 0.704. The smallest absolute Gasteiger partial charge is 0.254 e. The zero-order valence-electron chi connectivity index (χ0n) is 16.7. The molecule has 0 radical (unpaired) electrons. The van der Waals surface area contributed by atoms with E-state index >= 15 is 0 Å². The van der Waals surface area contributed by atoms with E-state index < -0.39 is 12.8 Å². The zero-order valence-corrected chi connectivity index (χ0v) is 16.7. The molecule has 3 aliphatic rings. The maximum atomic E-state index is 13.9. The molecule has 0 bridgehead atoms. The number of carbonyl (C=O) groups excluding carboxylic acids is 2. The van der Waals surface area contributed by atoms with Crippen LogP contribution in [-0.2, 0) is 0 Å². The zero-order chi connectivity index (χ0) is 20.8. The van der Waals surface area contributed by atoms with Crippen molar-refractivity contribution in [2.75, 3.05) is 26.8 Å². The monoisotopic (exact) mass is 409 g/mol. The summed E-state index contributed by atoms with van der Waals surface area (Å²) in [5.41, 5.74) is 2.22. The van der Waals surface area contributed by atoms with E-state index in [1.165, 1.54) is 7.05 Å². The molecule has 2 fully saturated rings. The molecule has 7 heteroatoms. The maximum absolute atomic E-state index is 13.9. The fourth-order valence-corrected chi connectivity index (χ4v) is 4.91. The molecule has 2 aliphatic heterocycles. The lowest BCUT2D eigenvalue weighted by Crippen LogP contribution is -2.32. The molecule has 2 aromatic rings. The molecule has 6 nitrogen and oxygen atoms in total. The molecule has 0 aromatic heterocycles.